The van der Waals surface area contributed by atoms with Crippen molar-refractivity contribution in [3.63, 3.8) is 0 Å². The molecule has 0 saturated carbocycles. The number of hydrogen-bond acceptors (Lipinski definition) is 4. The molecule has 1 aromatic heterocycles. The molecule has 1 aliphatic rings. The fourth-order valence-corrected chi connectivity index (χ4v) is 1.67. The van der Waals surface area contributed by atoms with Crippen LogP contribution in [0.3, 0.4) is 0 Å². The van der Waals surface area contributed by atoms with Crippen molar-refractivity contribution in [3.8, 4) is 5.75 Å². The first-order valence-electron chi connectivity index (χ1n) is 5.43. The van der Waals surface area contributed by atoms with E-state index in [4.69, 9.17) is 10.5 Å². The van der Waals surface area contributed by atoms with Gasteiger partial charge < -0.3 is 15.8 Å². The van der Waals surface area contributed by atoms with Crippen LogP contribution in [0.15, 0.2) is 12.3 Å². The summed E-state index contributed by atoms with van der Waals surface area (Å²) in [6, 6.07) is 1.57. The fourth-order valence-electron chi connectivity index (χ4n) is 1.67. The molecule has 0 radical (unpaired) electrons. The summed E-state index contributed by atoms with van der Waals surface area (Å²) in [5, 5.41) is 3.20. The van der Waals surface area contributed by atoms with Gasteiger partial charge in [0, 0.05) is 6.04 Å². The number of carbonyl (C=O) groups excluding carboxylic acids is 1. The molecule has 17 heavy (non-hydrogen) atoms. The maximum atomic E-state index is 13.1. The van der Waals surface area contributed by atoms with Crippen LogP contribution in [0.25, 0.3) is 0 Å². The van der Waals surface area contributed by atoms with Crippen molar-refractivity contribution >= 4 is 5.91 Å². The number of nitrogens with one attached hydrogen (secondary N) is 1. The monoisotopic (exact) mass is 239 g/mol. The minimum absolute atomic E-state index is 0.0586. The first kappa shape index (κ1) is 11.8. The molecule has 6 heteroatoms. The first-order valence-corrected chi connectivity index (χ1v) is 5.43. The van der Waals surface area contributed by atoms with E-state index in [0.29, 0.717) is 5.75 Å². The van der Waals surface area contributed by atoms with Gasteiger partial charge in [0.2, 0.25) is 5.95 Å². The van der Waals surface area contributed by atoms with Gasteiger partial charge in [0.15, 0.2) is 0 Å². The summed E-state index contributed by atoms with van der Waals surface area (Å²) >= 11 is 0. The Hall–Kier alpha value is -1.69. The SMILES string of the molecule is CC(Oc1cnc(F)c(C(N)=O)c1)[C@@H]1CCN1. The van der Waals surface area contributed by atoms with Crippen LogP contribution in [-0.4, -0.2) is 29.6 Å². The summed E-state index contributed by atoms with van der Waals surface area (Å²) in [6.45, 7) is 2.89. The van der Waals surface area contributed by atoms with Crippen molar-refractivity contribution in [3.05, 3.63) is 23.8 Å². The molecule has 0 aliphatic carbocycles. The van der Waals surface area contributed by atoms with Crippen molar-refractivity contribution in [2.45, 2.75) is 25.5 Å². The Labute approximate surface area is 98.2 Å². The molecule has 2 heterocycles. The molecule has 0 spiro atoms. The highest BCUT2D eigenvalue weighted by molar-refractivity contribution is 5.93. The maximum Gasteiger partial charge on any atom is 0.253 e. The number of amides is 1. The number of hydrogen-bond donors (Lipinski definition) is 2. The largest absolute Gasteiger partial charge is 0.487 e. The second-order valence-electron chi connectivity index (χ2n) is 4.05. The quantitative estimate of drug-likeness (QED) is 0.748. The van der Waals surface area contributed by atoms with Gasteiger partial charge in [-0.25, -0.2) is 4.98 Å². The number of nitrogens with zero attached hydrogens (tertiary/aromatic N) is 1. The Morgan fingerprint density at radius 2 is 2.47 bits per heavy atom. The Bertz CT molecular complexity index is 435. The van der Waals surface area contributed by atoms with Crippen LogP contribution in [-0.2, 0) is 0 Å². The molecular formula is C11H14FN3O2. The van der Waals surface area contributed by atoms with Crippen molar-refractivity contribution in [2.75, 3.05) is 6.54 Å². The average molecular weight is 239 g/mol. The zero-order valence-electron chi connectivity index (χ0n) is 9.44. The number of primary amides is 1. The molecule has 2 rings (SSSR count). The third-order valence-electron chi connectivity index (χ3n) is 2.83. The number of ether oxygens (including phenoxy) is 1. The third-order valence-corrected chi connectivity index (χ3v) is 2.83. The zero-order valence-corrected chi connectivity index (χ0v) is 9.44. The molecule has 1 fully saturated rings. The lowest BCUT2D eigenvalue weighted by Crippen LogP contribution is -2.51. The molecule has 1 saturated heterocycles. The van der Waals surface area contributed by atoms with E-state index in [0.717, 1.165) is 13.0 Å². The van der Waals surface area contributed by atoms with Crippen molar-refractivity contribution in [2.24, 2.45) is 5.73 Å². The lowest BCUT2D eigenvalue weighted by atomic mass is 10.0. The topological polar surface area (TPSA) is 77.2 Å². The normalized spacial score (nSPS) is 20.5. The van der Waals surface area contributed by atoms with E-state index < -0.39 is 11.9 Å². The summed E-state index contributed by atoms with van der Waals surface area (Å²) in [7, 11) is 0. The van der Waals surface area contributed by atoms with E-state index >= 15 is 0 Å². The number of carbonyl (C=O) groups is 1. The number of halogens is 1. The van der Waals surface area contributed by atoms with E-state index in [9.17, 15) is 9.18 Å². The highest BCUT2D eigenvalue weighted by atomic mass is 19.1. The Kier molecular flexibility index (Phi) is 3.23. The fraction of sp³-hybridized carbons (Fsp3) is 0.455. The lowest BCUT2D eigenvalue weighted by Gasteiger charge is -2.33. The standard InChI is InChI=1S/C11H14FN3O2/c1-6(9-2-3-14-9)17-7-4-8(11(13)16)10(12)15-5-7/h4-6,9,14H,2-3H2,1H3,(H2,13,16)/t6?,9-/m0/s1. The van der Waals surface area contributed by atoms with Gasteiger partial charge in [-0.3, -0.25) is 4.79 Å². The van der Waals surface area contributed by atoms with Gasteiger partial charge in [0.1, 0.15) is 11.9 Å². The molecule has 0 aromatic carbocycles. The van der Waals surface area contributed by atoms with Crippen molar-refractivity contribution in [1.29, 1.82) is 0 Å². The summed E-state index contributed by atoms with van der Waals surface area (Å²) in [5.74, 6) is -1.38. The summed E-state index contributed by atoms with van der Waals surface area (Å²) in [5.41, 5.74) is 4.77. The molecule has 3 N–H and O–H groups in total. The van der Waals surface area contributed by atoms with Crippen LogP contribution in [0.2, 0.25) is 0 Å². The molecule has 1 aliphatic heterocycles. The van der Waals surface area contributed by atoms with E-state index in [1.54, 1.807) is 0 Å². The van der Waals surface area contributed by atoms with E-state index in [1.165, 1.54) is 12.3 Å². The number of rotatable bonds is 4. The van der Waals surface area contributed by atoms with Gasteiger partial charge in [-0.1, -0.05) is 0 Å². The number of nitrogens with two attached hydrogens (primary N) is 1. The molecule has 1 unspecified atom stereocenters. The Balaban J connectivity index is 2.10. The summed E-state index contributed by atoms with van der Waals surface area (Å²) in [6.07, 6.45) is 2.23. The highest BCUT2D eigenvalue weighted by Crippen LogP contribution is 2.18. The van der Waals surface area contributed by atoms with Crippen LogP contribution >= 0.6 is 0 Å². The second kappa shape index (κ2) is 4.67. The van der Waals surface area contributed by atoms with Crippen LogP contribution in [0, 0.1) is 5.95 Å². The van der Waals surface area contributed by atoms with Gasteiger partial charge in [0.25, 0.3) is 5.91 Å². The number of aromatic nitrogens is 1. The first-order chi connectivity index (χ1) is 8.08. The molecular weight excluding hydrogens is 225 g/mol. The predicted octanol–water partition coefficient (Wildman–Crippen LogP) is 0.449. The smallest absolute Gasteiger partial charge is 0.253 e. The van der Waals surface area contributed by atoms with Gasteiger partial charge >= 0.3 is 0 Å². The third kappa shape index (κ3) is 2.52. The molecule has 2 atom stereocenters. The second-order valence-corrected chi connectivity index (χ2v) is 4.05. The predicted molar refractivity (Wildman–Crippen MR) is 59.2 cm³/mol. The molecule has 1 amide bonds. The highest BCUT2D eigenvalue weighted by Gasteiger charge is 2.25. The summed E-state index contributed by atoms with van der Waals surface area (Å²) < 4.78 is 18.7. The maximum absolute atomic E-state index is 13.1. The molecule has 0 bridgehead atoms. The molecule has 1 aromatic rings. The van der Waals surface area contributed by atoms with E-state index in [-0.39, 0.29) is 17.7 Å². The van der Waals surface area contributed by atoms with Gasteiger partial charge in [-0.15, -0.1) is 0 Å². The number of pyridine rings is 1. The van der Waals surface area contributed by atoms with Crippen LogP contribution < -0.4 is 15.8 Å². The molecule has 92 valence electrons. The van der Waals surface area contributed by atoms with Gasteiger partial charge in [-0.2, -0.15) is 4.39 Å². The van der Waals surface area contributed by atoms with E-state index in [2.05, 4.69) is 10.3 Å². The van der Waals surface area contributed by atoms with Crippen molar-refractivity contribution in [1.82, 2.24) is 10.3 Å². The van der Waals surface area contributed by atoms with Crippen LogP contribution in [0.4, 0.5) is 4.39 Å². The van der Waals surface area contributed by atoms with Crippen molar-refractivity contribution < 1.29 is 13.9 Å². The molecule has 5 nitrogen and oxygen atoms in total. The minimum atomic E-state index is -0.876. The Morgan fingerprint density at radius 1 is 1.76 bits per heavy atom. The minimum Gasteiger partial charge on any atom is -0.487 e. The Morgan fingerprint density at radius 3 is 3.00 bits per heavy atom. The summed E-state index contributed by atoms with van der Waals surface area (Å²) in [4.78, 5) is 14.4. The average Bonchev–Trinajstić information content (AvgIpc) is 2.17. The van der Waals surface area contributed by atoms with Gasteiger partial charge in [-0.05, 0) is 26.0 Å². The van der Waals surface area contributed by atoms with E-state index in [1.807, 2.05) is 6.92 Å². The lowest BCUT2D eigenvalue weighted by molar-refractivity contribution is 0.0993. The zero-order chi connectivity index (χ0) is 12.4. The van der Waals surface area contributed by atoms with Gasteiger partial charge in [0.05, 0.1) is 11.8 Å². The van der Waals surface area contributed by atoms with Crippen LogP contribution in [0.1, 0.15) is 23.7 Å². The van der Waals surface area contributed by atoms with Crippen LogP contribution in [0.5, 0.6) is 5.75 Å².